The first-order valence-electron chi connectivity index (χ1n) is 9.20. The summed E-state index contributed by atoms with van der Waals surface area (Å²) in [6.07, 6.45) is 1.23. The van der Waals surface area contributed by atoms with Gasteiger partial charge < -0.3 is 9.15 Å². The molecule has 0 spiro atoms. The summed E-state index contributed by atoms with van der Waals surface area (Å²) in [6, 6.07) is 14.8. The first-order chi connectivity index (χ1) is 13.6. The fourth-order valence-electron chi connectivity index (χ4n) is 3.37. The molecule has 142 valence electrons. The van der Waals surface area contributed by atoms with Gasteiger partial charge in [-0.1, -0.05) is 37.3 Å². The van der Waals surface area contributed by atoms with E-state index in [9.17, 15) is 9.59 Å². The molecule has 0 radical (unpaired) electrons. The molecule has 0 saturated carbocycles. The Kier molecular flexibility index (Phi) is 4.69. The van der Waals surface area contributed by atoms with E-state index < -0.39 is 0 Å². The standard InChI is InChI=1S/C22H20N2O4/c1-3-18-23-21-19(20(25)16-10-9-15(27-2)13-17(16)28-21)22(26)24(18)12-11-14-7-5-4-6-8-14/h4-10,13H,3,11-12H2,1-2H3. The third-order valence-corrected chi connectivity index (χ3v) is 4.87. The lowest BCUT2D eigenvalue weighted by molar-refractivity contribution is 0.414. The van der Waals surface area contributed by atoms with Gasteiger partial charge in [-0.3, -0.25) is 14.2 Å². The van der Waals surface area contributed by atoms with Crippen molar-refractivity contribution < 1.29 is 9.15 Å². The second-order valence-electron chi connectivity index (χ2n) is 6.55. The molecule has 0 saturated heterocycles. The van der Waals surface area contributed by atoms with E-state index in [0.717, 1.165) is 5.56 Å². The monoisotopic (exact) mass is 376 g/mol. The molecular weight excluding hydrogens is 356 g/mol. The number of fused-ring (bicyclic) bond motifs is 2. The van der Waals surface area contributed by atoms with Gasteiger partial charge in [0.1, 0.15) is 17.2 Å². The van der Waals surface area contributed by atoms with Crippen molar-refractivity contribution in [3.63, 3.8) is 0 Å². The van der Waals surface area contributed by atoms with Crippen molar-refractivity contribution in [2.45, 2.75) is 26.3 Å². The molecule has 0 aliphatic rings. The Labute approximate surface area is 161 Å². The molecule has 0 bridgehead atoms. The summed E-state index contributed by atoms with van der Waals surface area (Å²) in [7, 11) is 1.54. The van der Waals surface area contributed by atoms with Crippen LogP contribution < -0.4 is 15.7 Å². The zero-order valence-electron chi connectivity index (χ0n) is 15.8. The lowest BCUT2D eigenvalue weighted by Crippen LogP contribution is -2.29. The van der Waals surface area contributed by atoms with E-state index in [4.69, 9.17) is 9.15 Å². The average Bonchev–Trinajstić information content (AvgIpc) is 2.73. The largest absolute Gasteiger partial charge is 0.497 e. The van der Waals surface area contributed by atoms with E-state index >= 15 is 0 Å². The van der Waals surface area contributed by atoms with Crippen molar-refractivity contribution in [2.75, 3.05) is 7.11 Å². The summed E-state index contributed by atoms with van der Waals surface area (Å²) in [5.74, 6) is 1.17. The summed E-state index contributed by atoms with van der Waals surface area (Å²) < 4.78 is 12.6. The predicted octanol–water partition coefficient (Wildman–Crippen LogP) is 3.32. The Hall–Kier alpha value is -3.41. The fraction of sp³-hybridized carbons (Fsp3) is 0.227. The zero-order chi connectivity index (χ0) is 19.7. The maximum Gasteiger partial charge on any atom is 0.268 e. The highest BCUT2D eigenvalue weighted by atomic mass is 16.5. The molecule has 6 nitrogen and oxygen atoms in total. The van der Waals surface area contributed by atoms with Crippen LogP contribution in [0.15, 0.2) is 62.5 Å². The minimum atomic E-state index is -0.368. The second-order valence-corrected chi connectivity index (χ2v) is 6.55. The van der Waals surface area contributed by atoms with Gasteiger partial charge in [0.05, 0.1) is 12.5 Å². The van der Waals surface area contributed by atoms with Gasteiger partial charge in [-0.25, -0.2) is 0 Å². The predicted molar refractivity (Wildman–Crippen MR) is 108 cm³/mol. The van der Waals surface area contributed by atoms with E-state index in [1.165, 1.54) is 0 Å². The maximum absolute atomic E-state index is 13.2. The van der Waals surface area contributed by atoms with Gasteiger partial charge in [0.25, 0.3) is 5.56 Å². The van der Waals surface area contributed by atoms with Gasteiger partial charge in [-0.2, -0.15) is 4.98 Å². The highest BCUT2D eigenvalue weighted by Crippen LogP contribution is 2.21. The van der Waals surface area contributed by atoms with Crippen molar-refractivity contribution in [1.29, 1.82) is 0 Å². The Morgan fingerprint density at radius 3 is 2.61 bits per heavy atom. The summed E-state index contributed by atoms with van der Waals surface area (Å²) in [4.78, 5) is 30.6. The van der Waals surface area contributed by atoms with Crippen LogP contribution in [-0.4, -0.2) is 16.7 Å². The molecule has 0 unspecified atom stereocenters. The third-order valence-electron chi connectivity index (χ3n) is 4.87. The van der Waals surface area contributed by atoms with Crippen LogP contribution in [0.25, 0.3) is 22.1 Å². The number of methoxy groups -OCH3 is 1. The van der Waals surface area contributed by atoms with E-state index in [-0.39, 0.29) is 22.1 Å². The summed E-state index contributed by atoms with van der Waals surface area (Å²) >= 11 is 0. The van der Waals surface area contributed by atoms with Gasteiger partial charge in [0.15, 0.2) is 5.39 Å². The number of aryl methyl sites for hydroxylation is 2. The molecule has 2 aromatic carbocycles. The number of rotatable bonds is 5. The van der Waals surface area contributed by atoms with E-state index in [2.05, 4.69) is 4.98 Å². The van der Waals surface area contributed by atoms with Crippen LogP contribution in [-0.2, 0) is 19.4 Å². The number of hydrogen-bond donors (Lipinski definition) is 0. The van der Waals surface area contributed by atoms with Crippen molar-refractivity contribution in [3.8, 4) is 5.75 Å². The lowest BCUT2D eigenvalue weighted by Gasteiger charge is -2.12. The normalized spacial score (nSPS) is 11.2. The first kappa shape index (κ1) is 18.0. The minimum absolute atomic E-state index is 0.0112. The highest BCUT2D eigenvalue weighted by molar-refractivity contribution is 5.88. The summed E-state index contributed by atoms with van der Waals surface area (Å²) in [5, 5.41) is 0.328. The lowest BCUT2D eigenvalue weighted by atomic mass is 10.1. The topological polar surface area (TPSA) is 74.3 Å². The van der Waals surface area contributed by atoms with Crippen LogP contribution in [0, 0.1) is 0 Å². The first-order valence-corrected chi connectivity index (χ1v) is 9.20. The van der Waals surface area contributed by atoms with E-state index in [1.807, 2.05) is 37.3 Å². The molecule has 28 heavy (non-hydrogen) atoms. The van der Waals surface area contributed by atoms with Crippen molar-refractivity contribution in [2.24, 2.45) is 0 Å². The minimum Gasteiger partial charge on any atom is -0.497 e. The molecule has 6 heteroatoms. The molecule has 4 rings (SSSR count). The van der Waals surface area contributed by atoms with Gasteiger partial charge in [0, 0.05) is 19.0 Å². The quantitative estimate of drug-likeness (QED) is 0.500. The van der Waals surface area contributed by atoms with Crippen LogP contribution in [0.3, 0.4) is 0 Å². The molecule has 0 amide bonds. The number of nitrogens with zero attached hydrogens (tertiary/aromatic N) is 2. The van der Waals surface area contributed by atoms with Crippen LogP contribution in [0.1, 0.15) is 18.3 Å². The molecule has 0 fully saturated rings. The van der Waals surface area contributed by atoms with Crippen LogP contribution >= 0.6 is 0 Å². The van der Waals surface area contributed by atoms with Crippen molar-refractivity contribution in [1.82, 2.24) is 9.55 Å². The van der Waals surface area contributed by atoms with Gasteiger partial charge in [-0.05, 0) is 24.1 Å². The molecule has 2 aromatic heterocycles. The molecule has 0 aliphatic carbocycles. The SMILES string of the molecule is CCc1nc2oc3cc(OC)ccc3c(=O)c2c(=O)n1CCc1ccccc1. The van der Waals surface area contributed by atoms with Gasteiger partial charge in [-0.15, -0.1) is 0 Å². The molecule has 0 N–H and O–H groups in total. The van der Waals surface area contributed by atoms with Crippen LogP contribution in [0.4, 0.5) is 0 Å². The molecule has 0 aliphatic heterocycles. The third kappa shape index (κ3) is 3.07. The number of hydrogen-bond acceptors (Lipinski definition) is 5. The highest BCUT2D eigenvalue weighted by Gasteiger charge is 2.17. The summed E-state index contributed by atoms with van der Waals surface area (Å²) in [6.45, 7) is 2.38. The number of ether oxygens (including phenoxy) is 1. The zero-order valence-corrected chi connectivity index (χ0v) is 15.8. The maximum atomic E-state index is 13.2. The van der Waals surface area contributed by atoms with Gasteiger partial charge >= 0.3 is 0 Å². The molecular formula is C22H20N2O4. The second kappa shape index (κ2) is 7.31. The Bertz CT molecular complexity index is 1270. The smallest absolute Gasteiger partial charge is 0.268 e. The molecule has 4 aromatic rings. The van der Waals surface area contributed by atoms with Crippen LogP contribution in [0.2, 0.25) is 0 Å². The Balaban J connectivity index is 1.90. The fourth-order valence-corrected chi connectivity index (χ4v) is 3.37. The van der Waals surface area contributed by atoms with E-state index in [1.54, 1.807) is 29.9 Å². The van der Waals surface area contributed by atoms with E-state index in [0.29, 0.717) is 41.9 Å². The summed E-state index contributed by atoms with van der Waals surface area (Å²) in [5.41, 5.74) is 0.822. The van der Waals surface area contributed by atoms with Gasteiger partial charge in [0.2, 0.25) is 11.1 Å². The Morgan fingerprint density at radius 2 is 1.89 bits per heavy atom. The molecule has 0 atom stereocenters. The molecule has 2 heterocycles. The van der Waals surface area contributed by atoms with Crippen LogP contribution in [0.5, 0.6) is 5.75 Å². The average molecular weight is 376 g/mol. The Morgan fingerprint density at radius 1 is 1.11 bits per heavy atom. The van der Waals surface area contributed by atoms with Crippen molar-refractivity contribution >= 4 is 22.1 Å². The van der Waals surface area contributed by atoms with Crippen molar-refractivity contribution in [3.05, 3.63) is 80.5 Å². The number of benzene rings is 2. The number of aromatic nitrogens is 2.